The van der Waals surface area contributed by atoms with Crippen LogP contribution in [-0.4, -0.2) is 28.0 Å². The number of nitrogens with zero attached hydrogens (tertiary/aromatic N) is 2. The summed E-state index contributed by atoms with van der Waals surface area (Å²) < 4.78 is 1.96. The van der Waals surface area contributed by atoms with Gasteiger partial charge in [0.1, 0.15) is 5.82 Å². The van der Waals surface area contributed by atoms with Gasteiger partial charge in [-0.1, -0.05) is 0 Å². The van der Waals surface area contributed by atoms with E-state index in [4.69, 9.17) is 0 Å². The molecule has 0 saturated carbocycles. The predicted octanol–water partition coefficient (Wildman–Crippen LogP) is 0.178. The van der Waals surface area contributed by atoms with E-state index in [2.05, 4.69) is 15.6 Å². The van der Waals surface area contributed by atoms with Gasteiger partial charge in [-0.15, -0.1) is 0 Å². The number of nitrogens with one attached hydrogen (secondary N) is 2. The first-order valence-corrected chi connectivity index (χ1v) is 5.74. The number of carbonyl (C=O) groups is 1. The SMILES string of the molecule is Cn1ccnc1CNC1CCCCNC1=O. The molecule has 1 aliphatic heterocycles. The first-order chi connectivity index (χ1) is 7.77. The highest BCUT2D eigenvalue weighted by molar-refractivity contribution is 5.81. The van der Waals surface area contributed by atoms with Crippen molar-refractivity contribution in [3.8, 4) is 0 Å². The first-order valence-electron chi connectivity index (χ1n) is 5.74. The van der Waals surface area contributed by atoms with Crippen LogP contribution in [0.5, 0.6) is 0 Å². The lowest BCUT2D eigenvalue weighted by Gasteiger charge is -2.14. The average molecular weight is 222 g/mol. The summed E-state index contributed by atoms with van der Waals surface area (Å²) in [6, 6.07) is -0.0702. The molecule has 16 heavy (non-hydrogen) atoms. The predicted molar refractivity (Wildman–Crippen MR) is 60.7 cm³/mol. The zero-order valence-electron chi connectivity index (χ0n) is 9.57. The van der Waals surface area contributed by atoms with Gasteiger partial charge in [0.05, 0.1) is 12.6 Å². The highest BCUT2D eigenvalue weighted by Gasteiger charge is 2.19. The van der Waals surface area contributed by atoms with E-state index in [0.29, 0.717) is 6.54 Å². The van der Waals surface area contributed by atoms with Gasteiger partial charge in [-0.2, -0.15) is 0 Å². The molecule has 5 heteroatoms. The van der Waals surface area contributed by atoms with Gasteiger partial charge in [-0.05, 0) is 19.3 Å². The van der Waals surface area contributed by atoms with Crippen LogP contribution in [-0.2, 0) is 18.4 Å². The van der Waals surface area contributed by atoms with E-state index in [1.54, 1.807) is 6.20 Å². The minimum Gasteiger partial charge on any atom is -0.355 e. The molecule has 0 aromatic carbocycles. The lowest BCUT2D eigenvalue weighted by atomic mass is 10.1. The maximum Gasteiger partial charge on any atom is 0.237 e. The monoisotopic (exact) mass is 222 g/mol. The van der Waals surface area contributed by atoms with E-state index in [0.717, 1.165) is 31.6 Å². The zero-order chi connectivity index (χ0) is 11.4. The quantitative estimate of drug-likeness (QED) is 0.767. The Morgan fingerprint density at radius 1 is 1.62 bits per heavy atom. The van der Waals surface area contributed by atoms with Crippen molar-refractivity contribution in [1.82, 2.24) is 20.2 Å². The van der Waals surface area contributed by atoms with Crippen LogP contribution in [0.3, 0.4) is 0 Å². The van der Waals surface area contributed by atoms with Gasteiger partial charge in [0.25, 0.3) is 0 Å². The molecule has 5 nitrogen and oxygen atoms in total. The standard InChI is InChI=1S/C11H18N4O/c1-15-7-6-12-10(15)8-14-9-4-2-3-5-13-11(9)16/h6-7,9,14H,2-5,8H2,1H3,(H,13,16). The summed E-state index contributed by atoms with van der Waals surface area (Å²) in [5.74, 6) is 1.07. The lowest BCUT2D eigenvalue weighted by Crippen LogP contribution is -2.42. The molecule has 1 amide bonds. The topological polar surface area (TPSA) is 59.0 Å². The smallest absolute Gasteiger partial charge is 0.237 e. The highest BCUT2D eigenvalue weighted by Crippen LogP contribution is 2.06. The van der Waals surface area contributed by atoms with Crippen molar-refractivity contribution >= 4 is 5.91 Å². The maximum absolute atomic E-state index is 11.7. The van der Waals surface area contributed by atoms with Crippen LogP contribution < -0.4 is 10.6 Å². The van der Waals surface area contributed by atoms with E-state index >= 15 is 0 Å². The summed E-state index contributed by atoms with van der Waals surface area (Å²) >= 11 is 0. The molecule has 1 aromatic rings. The third kappa shape index (κ3) is 2.61. The summed E-state index contributed by atoms with van der Waals surface area (Å²) in [4.78, 5) is 15.9. The second-order valence-electron chi connectivity index (χ2n) is 4.17. The summed E-state index contributed by atoms with van der Waals surface area (Å²) in [5.41, 5.74) is 0. The molecule has 88 valence electrons. The highest BCUT2D eigenvalue weighted by atomic mass is 16.2. The van der Waals surface area contributed by atoms with E-state index in [9.17, 15) is 4.79 Å². The molecular formula is C11H18N4O. The van der Waals surface area contributed by atoms with Crippen LogP contribution >= 0.6 is 0 Å². The normalized spacial score (nSPS) is 21.6. The molecule has 2 heterocycles. The minimum absolute atomic E-state index is 0.0702. The Morgan fingerprint density at radius 2 is 2.50 bits per heavy atom. The molecule has 0 aliphatic carbocycles. The molecular weight excluding hydrogens is 204 g/mol. The van der Waals surface area contributed by atoms with E-state index < -0.39 is 0 Å². The first kappa shape index (κ1) is 11.1. The van der Waals surface area contributed by atoms with Gasteiger partial charge in [0.15, 0.2) is 0 Å². The summed E-state index contributed by atoms with van der Waals surface area (Å²) in [6.07, 6.45) is 6.76. The number of amides is 1. The lowest BCUT2D eigenvalue weighted by molar-refractivity contribution is -0.122. The van der Waals surface area contributed by atoms with Gasteiger partial charge in [0, 0.05) is 26.0 Å². The Kier molecular flexibility index (Phi) is 3.56. The number of aryl methyl sites for hydroxylation is 1. The van der Waals surface area contributed by atoms with Crippen LogP contribution in [0.25, 0.3) is 0 Å². The van der Waals surface area contributed by atoms with Gasteiger partial charge < -0.3 is 9.88 Å². The minimum atomic E-state index is -0.0702. The maximum atomic E-state index is 11.7. The molecule has 2 rings (SSSR count). The van der Waals surface area contributed by atoms with Crippen molar-refractivity contribution in [3.63, 3.8) is 0 Å². The van der Waals surface area contributed by atoms with Crippen LogP contribution in [0.15, 0.2) is 12.4 Å². The van der Waals surface area contributed by atoms with Crippen LogP contribution in [0, 0.1) is 0 Å². The molecule has 0 spiro atoms. The third-order valence-electron chi connectivity index (χ3n) is 2.96. The third-order valence-corrected chi connectivity index (χ3v) is 2.96. The van der Waals surface area contributed by atoms with Crippen molar-refractivity contribution in [2.24, 2.45) is 7.05 Å². The molecule has 1 unspecified atom stereocenters. The Hall–Kier alpha value is -1.36. The Labute approximate surface area is 95.2 Å². The van der Waals surface area contributed by atoms with Gasteiger partial charge in [0.2, 0.25) is 5.91 Å². The summed E-state index contributed by atoms with van der Waals surface area (Å²) in [7, 11) is 1.96. The largest absolute Gasteiger partial charge is 0.355 e. The average Bonchev–Trinajstić information content (AvgIpc) is 2.56. The Morgan fingerprint density at radius 3 is 3.25 bits per heavy atom. The summed E-state index contributed by atoms with van der Waals surface area (Å²) in [6.45, 7) is 1.45. The van der Waals surface area contributed by atoms with Gasteiger partial charge in [-0.25, -0.2) is 4.98 Å². The second kappa shape index (κ2) is 5.12. The van der Waals surface area contributed by atoms with Crippen LogP contribution in [0.1, 0.15) is 25.1 Å². The molecule has 1 aromatic heterocycles. The Balaban J connectivity index is 1.89. The number of rotatable bonds is 3. The number of aromatic nitrogens is 2. The van der Waals surface area contributed by atoms with E-state index in [-0.39, 0.29) is 11.9 Å². The van der Waals surface area contributed by atoms with Crippen molar-refractivity contribution in [3.05, 3.63) is 18.2 Å². The molecule has 1 fully saturated rings. The Bertz CT molecular complexity index is 361. The van der Waals surface area contributed by atoms with Crippen LogP contribution in [0.4, 0.5) is 0 Å². The number of hydrogen-bond acceptors (Lipinski definition) is 3. The van der Waals surface area contributed by atoms with Crippen molar-refractivity contribution in [1.29, 1.82) is 0 Å². The van der Waals surface area contributed by atoms with Crippen molar-refractivity contribution in [2.45, 2.75) is 31.8 Å². The number of carbonyl (C=O) groups excluding carboxylic acids is 1. The zero-order valence-corrected chi connectivity index (χ0v) is 9.57. The fourth-order valence-electron chi connectivity index (χ4n) is 1.92. The van der Waals surface area contributed by atoms with Gasteiger partial charge >= 0.3 is 0 Å². The summed E-state index contributed by atoms with van der Waals surface area (Å²) in [5, 5.41) is 6.17. The number of imidazole rings is 1. The fraction of sp³-hybridized carbons (Fsp3) is 0.636. The molecule has 1 saturated heterocycles. The van der Waals surface area contributed by atoms with E-state index in [1.807, 2.05) is 17.8 Å². The molecule has 1 atom stereocenters. The van der Waals surface area contributed by atoms with Crippen LogP contribution in [0.2, 0.25) is 0 Å². The van der Waals surface area contributed by atoms with E-state index in [1.165, 1.54) is 0 Å². The van der Waals surface area contributed by atoms with Crippen molar-refractivity contribution in [2.75, 3.05) is 6.54 Å². The van der Waals surface area contributed by atoms with Crippen molar-refractivity contribution < 1.29 is 4.79 Å². The molecule has 2 N–H and O–H groups in total. The molecule has 0 radical (unpaired) electrons. The molecule has 1 aliphatic rings. The van der Waals surface area contributed by atoms with Gasteiger partial charge in [-0.3, -0.25) is 10.1 Å². The fourth-order valence-corrected chi connectivity index (χ4v) is 1.92. The molecule has 0 bridgehead atoms. The number of hydrogen-bond donors (Lipinski definition) is 2. The second-order valence-corrected chi connectivity index (χ2v) is 4.17.